The monoisotopic (exact) mass is 247 g/mol. The summed E-state index contributed by atoms with van der Waals surface area (Å²) in [6, 6.07) is 4.35. The maximum Gasteiger partial charge on any atom is 0.129 e. The summed E-state index contributed by atoms with van der Waals surface area (Å²) < 4.78 is 20.7. The van der Waals surface area contributed by atoms with Gasteiger partial charge in [0.15, 0.2) is 0 Å². The number of hydrogen-bond donors (Lipinski definition) is 1. The Morgan fingerprint density at radius 3 is 3.06 bits per heavy atom. The Balaban J connectivity index is 1.95. The molecule has 0 saturated carbocycles. The molecule has 1 aromatic carbocycles. The van der Waals surface area contributed by atoms with Gasteiger partial charge in [-0.15, -0.1) is 0 Å². The Morgan fingerprint density at radius 2 is 2.33 bits per heavy atom. The molecular weight excluding hydrogens is 233 g/mol. The number of fused-ring (bicyclic) bond motifs is 1. The Hall–Kier alpha value is -1.88. The van der Waals surface area contributed by atoms with Gasteiger partial charge in [-0.05, 0) is 6.07 Å². The first kappa shape index (κ1) is 11.2. The van der Waals surface area contributed by atoms with Crippen LogP contribution < -0.4 is 10.5 Å². The van der Waals surface area contributed by atoms with Crippen LogP contribution in [0.15, 0.2) is 30.6 Å². The number of rotatable bonds is 1. The molecule has 2 aromatic rings. The van der Waals surface area contributed by atoms with Crippen molar-refractivity contribution >= 4 is 0 Å². The Kier molecular flexibility index (Phi) is 2.56. The number of aromatic nitrogens is 2. The maximum atomic E-state index is 13.2. The molecule has 2 N–H and O–H groups in total. The van der Waals surface area contributed by atoms with E-state index in [0.717, 1.165) is 11.1 Å². The van der Waals surface area contributed by atoms with Crippen LogP contribution in [0.4, 0.5) is 4.39 Å². The van der Waals surface area contributed by atoms with E-state index in [4.69, 9.17) is 10.5 Å². The fourth-order valence-corrected chi connectivity index (χ4v) is 2.29. The van der Waals surface area contributed by atoms with Crippen LogP contribution in [-0.2, 0) is 7.05 Å². The standard InChI is InChI=1S/C13H14FN3O/c1-17-7-8(6-16-17)12-5-11(15)10-3-2-9(14)4-13(10)18-12/h2-4,6-7,11-12H,5,15H2,1H3/t11-,12?/m1/s1. The van der Waals surface area contributed by atoms with Crippen molar-refractivity contribution in [1.82, 2.24) is 9.78 Å². The topological polar surface area (TPSA) is 53.1 Å². The zero-order valence-corrected chi connectivity index (χ0v) is 10.0. The molecule has 0 spiro atoms. The van der Waals surface area contributed by atoms with Crippen LogP contribution in [0.25, 0.3) is 0 Å². The maximum absolute atomic E-state index is 13.2. The predicted octanol–water partition coefficient (Wildman–Crippen LogP) is 2.08. The predicted molar refractivity (Wildman–Crippen MR) is 64.5 cm³/mol. The van der Waals surface area contributed by atoms with Gasteiger partial charge in [-0.1, -0.05) is 6.07 Å². The quantitative estimate of drug-likeness (QED) is 0.839. The van der Waals surface area contributed by atoms with Crippen molar-refractivity contribution < 1.29 is 9.13 Å². The van der Waals surface area contributed by atoms with Crippen LogP contribution in [0.1, 0.15) is 29.7 Å². The number of benzene rings is 1. The summed E-state index contributed by atoms with van der Waals surface area (Å²) in [4.78, 5) is 0. The van der Waals surface area contributed by atoms with E-state index < -0.39 is 0 Å². The van der Waals surface area contributed by atoms with E-state index in [0.29, 0.717) is 12.2 Å². The molecular formula is C13H14FN3O. The minimum Gasteiger partial charge on any atom is -0.485 e. The van der Waals surface area contributed by atoms with Crippen molar-refractivity contribution in [3.63, 3.8) is 0 Å². The highest BCUT2D eigenvalue weighted by Crippen LogP contribution is 2.39. The van der Waals surface area contributed by atoms with Gasteiger partial charge in [0.25, 0.3) is 0 Å². The molecule has 0 fully saturated rings. The fraction of sp³-hybridized carbons (Fsp3) is 0.308. The van der Waals surface area contributed by atoms with E-state index in [1.165, 1.54) is 12.1 Å². The second-order valence-electron chi connectivity index (χ2n) is 4.58. The second kappa shape index (κ2) is 4.10. The summed E-state index contributed by atoms with van der Waals surface area (Å²) in [7, 11) is 1.85. The molecule has 2 atom stereocenters. The van der Waals surface area contributed by atoms with E-state index in [2.05, 4.69) is 5.10 Å². The molecule has 0 aliphatic carbocycles. The first-order valence-electron chi connectivity index (χ1n) is 5.83. The van der Waals surface area contributed by atoms with Crippen molar-refractivity contribution in [3.8, 4) is 5.75 Å². The minimum atomic E-state index is -0.312. The largest absolute Gasteiger partial charge is 0.485 e. The lowest BCUT2D eigenvalue weighted by molar-refractivity contribution is 0.160. The van der Waals surface area contributed by atoms with E-state index in [-0.39, 0.29) is 18.0 Å². The first-order valence-corrected chi connectivity index (χ1v) is 5.83. The Bertz CT molecular complexity index is 581. The first-order chi connectivity index (χ1) is 8.63. The van der Waals surface area contributed by atoms with Crippen LogP contribution in [0, 0.1) is 5.82 Å². The number of halogens is 1. The average Bonchev–Trinajstić information content (AvgIpc) is 2.75. The molecule has 1 unspecified atom stereocenters. The summed E-state index contributed by atoms with van der Waals surface area (Å²) in [6.07, 6.45) is 4.15. The summed E-state index contributed by atoms with van der Waals surface area (Å²) in [5.74, 6) is 0.218. The molecule has 1 aliphatic rings. The molecule has 2 heterocycles. The molecule has 18 heavy (non-hydrogen) atoms. The van der Waals surface area contributed by atoms with Gasteiger partial charge in [0, 0.05) is 42.9 Å². The highest BCUT2D eigenvalue weighted by molar-refractivity contribution is 5.39. The number of aryl methyl sites for hydroxylation is 1. The van der Waals surface area contributed by atoms with Gasteiger partial charge in [-0.3, -0.25) is 4.68 Å². The lowest BCUT2D eigenvalue weighted by Crippen LogP contribution is -2.24. The second-order valence-corrected chi connectivity index (χ2v) is 4.58. The molecule has 5 heteroatoms. The van der Waals surface area contributed by atoms with E-state index in [1.807, 2.05) is 13.2 Å². The van der Waals surface area contributed by atoms with E-state index in [1.54, 1.807) is 16.9 Å². The number of nitrogens with two attached hydrogens (primary N) is 1. The number of ether oxygens (including phenoxy) is 1. The SMILES string of the molecule is Cn1cc(C2C[C@@H](N)c3ccc(F)cc3O2)cn1. The Morgan fingerprint density at radius 1 is 1.50 bits per heavy atom. The van der Waals surface area contributed by atoms with Gasteiger partial charge in [0.05, 0.1) is 6.20 Å². The molecule has 0 radical (unpaired) electrons. The molecule has 0 bridgehead atoms. The van der Waals surface area contributed by atoms with Crippen LogP contribution in [0.3, 0.4) is 0 Å². The van der Waals surface area contributed by atoms with Gasteiger partial charge in [-0.2, -0.15) is 5.10 Å². The third-order valence-electron chi connectivity index (χ3n) is 3.21. The Labute approximate surface area is 104 Å². The summed E-state index contributed by atoms with van der Waals surface area (Å²) in [5.41, 5.74) is 7.92. The number of hydrogen-bond acceptors (Lipinski definition) is 3. The zero-order chi connectivity index (χ0) is 12.7. The minimum absolute atomic E-state index is 0.139. The molecule has 0 saturated heterocycles. The van der Waals surface area contributed by atoms with Gasteiger partial charge in [-0.25, -0.2) is 4.39 Å². The molecule has 1 aliphatic heterocycles. The van der Waals surface area contributed by atoms with E-state index in [9.17, 15) is 4.39 Å². The summed E-state index contributed by atoms with van der Waals surface area (Å²) in [5, 5.41) is 4.11. The van der Waals surface area contributed by atoms with Crippen molar-refractivity contribution in [1.29, 1.82) is 0 Å². The van der Waals surface area contributed by atoms with Crippen molar-refractivity contribution in [2.45, 2.75) is 18.6 Å². The van der Waals surface area contributed by atoms with Crippen molar-refractivity contribution in [3.05, 3.63) is 47.5 Å². The molecule has 3 rings (SSSR count). The lowest BCUT2D eigenvalue weighted by Gasteiger charge is -2.29. The van der Waals surface area contributed by atoms with Gasteiger partial charge in [0.2, 0.25) is 0 Å². The van der Waals surface area contributed by atoms with Crippen molar-refractivity contribution in [2.75, 3.05) is 0 Å². The third kappa shape index (κ3) is 1.86. The highest BCUT2D eigenvalue weighted by atomic mass is 19.1. The van der Waals surface area contributed by atoms with Crippen LogP contribution in [0.2, 0.25) is 0 Å². The third-order valence-corrected chi connectivity index (χ3v) is 3.21. The number of nitrogens with zero attached hydrogens (tertiary/aromatic N) is 2. The normalized spacial score (nSPS) is 22.4. The van der Waals surface area contributed by atoms with Gasteiger partial charge in [0.1, 0.15) is 17.7 Å². The van der Waals surface area contributed by atoms with Gasteiger partial charge >= 0.3 is 0 Å². The summed E-state index contributed by atoms with van der Waals surface area (Å²) in [6.45, 7) is 0. The fourth-order valence-electron chi connectivity index (χ4n) is 2.29. The highest BCUT2D eigenvalue weighted by Gasteiger charge is 2.28. The van der Waals surface area contributed by atoms with Crippen LogP contribution >= 0.6 is 0 Å². The lowest BCUT2D eigenvalue weighted by atomic mass is 9.95. The molecule has 94 valence electrons. The van der Waals surface area contributed by atoms with E-state index >= 15 is 0 Å². The van der Waals surface area contributed by atoms with Crippen LogP contribution in [-0.4, -0.2) is 9.78 Å². The summed E-state index contributed by atoms with van der Waals surface area (Å²) >= 11 is 0. The molecule has 4 nitrogen and oxygen atoms in total. The zero-order valence-electron chi connectivity index (χ0n) is 10.0. The van der Waals surface area contributed by atoms with Gasteiger partial charge < -0.3 is 10.5 Å². The molecule has 0 amide bonds. The molecule has 1 aromatic heterocycles. The average molecular weight is 247 g/mol. The smallest absolute Gasteiger partial charge is 0.129 e. The van der Waals surface area contributed by atoms with Crippen LogP contribution in [0.5, 0.6) is 5.75 Å². The van der Waals surface area contributed by atoms with Crippen molar-refractivity contribution in [2.24, 2.45) is 12.8 Å².